The minimum Gasteiger partial charge on any atom is -0.489 e. The second-order valence-electron chi connectivity index (χ2n) is 5.07. The van der Waals surface area contributed by atoms with Crippen LogP contribution in [0.1, 0.15) is 26.2 Å². The van der Waals surface area contributed by atoms with Gasteiger partial charge in [0.2, 0.25) is 5.91 Å². The van der Waals surface area contributed by atoms with Gasteiger partial charge < -0.3 is 25.3 Å². The third kappa shape index (κ3) is 4.26. The fourth-order valence-corrected chi connectivity index (χ4v) is 2.00. The lowest BCUT2D eigenvalue weighted by Crippen LogP contribution is -2.16. The molecule has 0 saturated heterocycles. The molecule has 6 nitrogen and oxygen atoms in total. The van der Waals surface area contributed by atoms with Crippen molar-refractivity contribution in [3.63, 3.8) is 0 Å². The highest BCUT2D eigenvalue weighted by molar-refractivity contribution is 5.94. The summed E-state index contributed by atoms with van der Waals surface area (Å²) in [5.74, 6) is 1.14. The number of carbonyl (C=O) groups is 1. The van der Waals surface area contributed by atoms with Crippen LogP contribution in [0.2, 0.25) is 0 Å². The van der Waals surface area contributed by atoms with Crippen LogP contribution in [0.25, 0.3) is 0 Å². The summed E-state index contributed by atoms with van der Waals surface area (Å²) < 4.78 is 16.3. The van der Waals surface area contributed by atoms with Crippen molar-refractivity contribution in [3.8, 4) is 11.5 Å². The van der Waals surface area contributed by atoms with Crippen LogP contribution in [0.15, 0.2) is 12.1 Å². The highest BCUT2D eigenvalue weighted by atomic mass is 16.5. The van der Waals surface area contributed by atoms with Gasteiger partial charge in [0.15, 0.2) is 11.5 Å². The van der Waals surface area contributed by atoms with E-state index in [1.165, 1.54) is 0 Å². The Balaban J connectivity index is 2.03. The zero-order valence-corrected chi connectivity index (χ0v) is 12.5. The third-order valence-corrected chi connectivity index (χ3v) is 3.37. The molecule has 21 heavy (non-hydrogen) atoms. The number of hydrogen-bond donors (Lipinski definition) is 2. The van der Waals surface area contributed by atoms with Crippen LogP contribution in [0.3, 0.4) is 0 Å². The lowest BCUT2D eigenvalue weighted by Gasteiger charge is -2.14. The first-order chi connectivity index (χ1) is 10.1. The van der Waals surface area contributed by atoms with Gasteiger partial charge in [-0.25, -0.2) is 0 Å². The molecule has 1 atom stereocenters. The number of rotatable bonds is 5. The molecule has 6 heteroatoms. The van der Waals surface area contributed by atoms with Crippen molar-refractivity contribution in [2.75, 3.05) is 31.4 Å². The number of methoxy groups -OCH3 is 1. The van der Waals surface area contributed by atoms with E-state index in [9.17, 15) is 4.79 Å². The van der Waals surface area contributed by atoms with E-state index in [-0.39, 0.29) is 12.0 Å². The Morgan fingerprint density at radius 3 is 2.71 bits per heavy atom. The molecule has 0 fully saturated rings. The molecule has 1 aromatic rings. The van der Waals surface area contributed by atoms with Gasteiger partial charge in [-0.15, -0.1) is 0 Å². The first-order valence-electron chi connectivity index (χ1n) is 7.12. The smallest absolute Gasteiger partial charge is 0.224 e. The monoisotopic (exact) mass is 294 g/mol. The van der Waals surface area contributed by atoms with Gasteiger partial charge in [-0.2, -0.15) is 0 Å². The van der Waals surface area contributed by atoms with Gasteiger partial charge in [0.05, 0.1) is 30.7 Å². The highest BCUT2D eigenvalue weighted by Gasteiger charge is 2.15. The van der Waals surface area contributed by atoms with E-state index in [0.29, 0.717) is 48.9 Å². The molecule has 0 aliphatic carbocycles. The van der Waals surface area contributed by atoms with Gasteiger partial charge in [-0.05, 0) is 13.3 Å². The van der Waals surface area contributed by atoms with Crippen LogP contribution in [0.5, 0.6) is 11.5 Å². The lowest BCUT2D eigenvalue weighted by atomic mass is 10.2. The second kappa shape index (κ2) is 7.17. The molecule has 0 radical (unpaired) electrons. The molecule has 2 rings (SSSR count). The van der Waals surface area contributed by atoms with Gasteiger partial charge >= 0.3 is 0 Å². The van der Waals surface area contributed by atoms with E-state index in [0.717, 1.165) is 6.42 Å². The van der Waals surface area contributed by atoms with Crippen LogP contribution < -0.4 is 20.5 Å². The molecule has 1 heterocycles. The number of hydrogen-bond acceptors (Lipinski definition) is 5. The molecule has 3 N–H and O–H groups in total. The fraction of sp³-hybridized carbons (Fsp3) is 0.533. The topological polar surface area (TPSA) is 82.8 Å². The minimum absolute atomic E-state index is 0.0527. The standard InChI is InChI=1S/C15H22N2O4/c1-10(19-2)4-5-15(18)17-12-9-14-13(8-11(12)16)20-6-3-7-21-14/h8-10H,3-7,16H2,1-2H3,(H,17,18). The van der Waals surface area contributed by atoms with Crippen molar-refractivity contribution in [1.29, 1.82) is 0 Å². The first-order valence-corrected chi connectivity index (χ1v) is 7.12. The van der Waals surface area contributed by atoms with Gasteiger partial charge in [0, 0.05) is 32.1 Å². The van der Waals surface area contributed by atoms with Gasteiger partial charge in [-0.3, -0.25) is 4.79 Å². The summed E-state index contributed by atoms with van der Waals surface area (Å²) in [7, 11) is 1.63. The maximum atomic E-state index is 11.9. The summed E-state index contributed by atoms with van der Waals surface area (Å²) in [4.78, 5) is 11.9. The number of nitrogens with one attached hydrogen (secondary N) is 1. The molecule has 1 aliphatic heterocycles. The number of anilines is 2. The van der Waals surface area contributed by atoms with Crippen LogP contribution in [-0.2, 0) is 9.53 Å². The predicted octanol–water partition coefficient (Wildman–Crippen LogP) is 2.18. The molecular weight excluding hydrogens is 272 g/mol. The fourth-order valence-electron chi connectivity index (χ4n) is 2.00. The van der Waals surface area contributed by atoms with E-state index < -0.39 is 0 Å². The van der Waals surface area contributed by atoms with Crippen molar-refractivity contribution >= 4 is 17.3 Å². The largest absolute Gasteiger partial charge is 0.489 e. The average Bonchev–Trinajstić information content (AvgIpc) is 2.70. The van der Waals surface area contributed by atoms with E-state index >= 15 is 0 Å². The molecular formula is C15H22N2O4. The van der Waals surface area contributed by atoms with Crippen molar-refractivity contribution < 1.29 is 19.0 Å². The van der Waals surface area contributed by atoms with Crippen LogP contribution in [0, 0.1) is 0 Å². The average molecular weight is 294 g/mol. The van der Waals surface area contributed by atoms with Crippen molar-refractivity contribution in [2.24, 2.45) is 0 Å². The van der Waals surface area contributed by atoms with Crippen molar-refractivity contribution in [3.05, 3.63) is 12.1 Å². The molecule has 1 amide bonds. The number of fused-ring (bicyclic) bond motifs is 1. The van der Waals surface area contributed by atoms with Gasteiger partial charge in [-0.1, -0.05) is 0 Å². The Morgan fingerprint density at radius 1 is 1.38 bits per heavy atom. The molecule has 1 unspecified atom stereocenters. The van der Waals surface area contributed by atoms with Crippen LogP contribution in [-0.4, -0.2) is 32.3 Å². The number of benzene rings is 1. The van der Waals surface area contributed by atoms with Crippen LogP contribution >= 0.6 is 0 Å². The summed E-state index contributed by atoms with van der Waals surface area (Å²) >= 11 is 0. The Kier molecular flexibility index (Phi) is 5.27. The zero-order chi connectivity index (χ0) is 15.2. The molecule has 1 aliphatic rings. The maximum absolute atomic E-state index is 11.9. The summed E-state index contributed by atoms with van der Waals surface area (Å²) in [6, 6.07) is 3.40. The van der Waals surface area contributed by atoms with E-state index in [2.05, 4.69) is 5.32 Å². The van der Waals surface area contributed by atoms with Crippen LogP contribution in [0.4, 0.5) is 11.4 Å². The Bertz CT molecular complexity index is 505. The SMILES string of the molecule is COC(C)CCC(=O)Nc1cc2c(cc1N)OCCCO2. The van der Waals surface area contributed by atoms with Crippen molar-refractivity contribution in [1.82, 2.24) is 0 Å². The number of ether oxygens (including phenoxy) is 3. The Labute approximate surface area is 124 Å². The Morgan fingerprint density at radius 2 is 2.05 bits per heavy atom. The molecule has 116 valence electrons. The summed E-state index contributed by atoms with van der Waals surface area (Å²) in [5, 5.41) is 2.81. The first kappa shape index (κ1) is 15.4. The Hall–Kier alpha value is -1.95. The summed E-state index contributed by atoms with van der Waals surface area (Å²) in [5.41, 5.74) is 6.97. The quantitative estimate of drug-likeness (QED) is 0.813. The molecule has 0 aromatic heterocycles. The van der Waals surface area contributed by atoms with E-state index in [1.54, 1.807) is 19.2 Å². The van der Waals surface area contributed by atoms with Gasteiger partial charge in [0.1, 0.15) is 0 Å². The number of nitrogens with two attached hydrogens (primary N) is 1. The molecule has 0 bridgehead atoms. The highest BCUT2D eigenvalue weighted by Crippen LogP contribution is 2.36. The van der Waals surface area contributed by atoms with E-state index in [1.807, 2.05) is 6.92 Å². The maximum Gasteiger partial charge on any atom is 0.224 e. The molecule has 0 saturated carbocycles. The summed E-state index contributed by atoms with van der Waals surface area (Å²) in [6.45, 7) is 3.12. The number of nitrogen functional groups attached to an aromatic ring is 1. The predicted molar refractivity (Wildman–Crippen MR) is 80.8 cm³/mol. The van der Waals surface area contributed by atoms with Gasteiger partial charge in [0.25, 0.3) is 0 Å². The lowest BCUT2D eigenvalue weighted by molar-refractivity contribution is -0.116. The summed E-state index contributed by atoms with van der Waals surface area (Å²) in [6.07, 6.45) is 1.91. The van der Waals surface area contributed by atoms with Crippen molar-refractivity contribution in [2.45, 2.75) is 32.3 Å². The zero-order valence-electron chi connectivity index (χ0n) is 12.5. The normalized spacial score (nSPS) is 15.1. The molecule has 0 spiro atoms. The number of carbonyl (C=O) groups excluding carboxylic acids is 1. The molecule has 1 aromatic carbocycles. The number of amides is 1. The minimum atomic E-state index is -0.0971. The van der Waals surface area contributed by atoms with E-state index in [4.69, 9.17) is 19.9 Å². The third-order valence-electron chi connectivity index (χ3n) is 3.37. The second-order valence-corrected chi connectivity index (χ2v) is 5.07.